The second-order valence-electron chi connectivity index (χ2n) is 2.75. The molecule has 1 aromatic rings. The van der Waals surface area contributed by atoms with E-state index >= 15 is 0 Å². The predicted octanol–water partition coefficient (Wildman–Crippen LogP) is 2.62. The Morgan fingerprint density at radius 2 is 2.29 bits per heavy atom. The Bertz CT molecular complexity index is 371. The molecule has 3 nitrogen and oxygen atoms in total. The minimum Gasteiger partial charge on any atom is -0.506 e. The van der Waals surface area contributed by atoms with E-state index in [0.29, 0.717) is 23.1 Å². The summed E-state index contributed by atoms with van der Waals surface area (Å²) in [6.07, 6.45) is 0.942. The van der Waals surface area contributed by atoms with Crippen LogP contribution in [0.1, 0.15) is 12.0 Å². The van der Waals surface area contributed by atoms with Gasteiger partial charge in [0, 0.05) is 6.42 Å². The summed E-state index contributed by atoms with van der Waals surface area (Å²) in [4.78, 5) is 0. The number of phenols is 1. The van der Waals surface area contributed by atoms with Gasteiger partial charge in [-0.3, -0.25) is 0 Å². The lowest BCUT2D eigenvalue weighted by Crippen LogP contribution is -1.89. The van der Waals surface area contributed by atoms with E-state index in [4.69, 9.17) is 10.00 Å². The Kier molecular flexibility index (Phi) is 3.78. The topological polar surface area (TPSA) is 53.2 Å². The number of aromatic hydroxyl groups is 1. The van der Waals surface area contributed by atoms with Gasteiger partial charge in [0.2, 0.25) is 0 Å². The molecular formula is C10H10BrNO2. The number of hydrogen-bond acceptors (Lipinski definition) is 3. The van der Waals surface area contributed by atoms with Crippen molar-refractivity contribution in [3.05, 3.63) is 22.2 Å². The number of ether oxygens (including phenoxy) is 1. The number of nitriles is 1. The van der Waals surface area contributed by atoms with Crippen LogP contribution < -0.4 is 4.74 Å². The highest BCUT2D eigenvalue weighted by molar-refractivity contribution is 9.10. The van der Waals surface area contributed by atoms with Gasteiger partial charge in [0.1, 0.15) is 16.0 Å². The third kappa shape index (κ3) is 2.18. The highest BCUT2D eigenvalue weighted by Gasteiger charge is 2.09. The van der Waals surface area contributed by atoms with E-state index in [-0.39, 0.29) is 5.75 Å². The van der Waals surface area contributed by atoms with Gasteiger partial charge in [0.15, 0.2) is 0 Å². The maximum Gasteiger partial charge on any atom is 0.136 e. The molecule has 0 amide bonds. The molecule has 0 atom stereocenters. The molecule has 0 aliphatic carbocycles. The highest BCUT2D eigenvalue weighted by atomic mass is 79.9. The third-order valence-corrected chi connectivity index (χ3v) is 2.66. The average Bonchev–Trinajstić information content (AvgIpc) is 2.20. The Hall–Kier alpha value is -1.21. The van der Waals surface area contributed by atoms with Gasteiger partial charge in [0.05, 0.1) is 13.2 Å². The van der Waals surface area contributed by atoms with Crippen molar-refractivity contribution in [3.63, 3.8) is 0 Å². The van der Waals surface area contributed by atoms with Crippen LogP contribution in [-0.2, 0) is 6.42 Å². The average molecular weight is 256 g/mol. The van der Waals surface area contributed by atoms with Gasteiger partial charge in [-0.05, 0) is 34.0 Å². The lowest BCUT2D eigenvalue weighted by molar-refractivity contribution is 0.402. The van der Waals surface area contributed by atoms with E-state index in [1.165, 1.54) is 7.11 Å². The summed E-state index contributed by atoms with van der Waals surface area (Å²) in [6, 6.07) is 5.55. The van der Waals surface area contributed by atoms with Gasteiger partial charge < -0.3 is 9.84 Å². The van der Waals surface area contributed by atoms with Crippen LogP contribution in [0.15, 0.2) is 16.6 Å². The van der Waals surface area contributed by atoms with E-state index in [9.17, 15) is 5.11 Å². The molecule has 14 heavy (non-hydrogen) atoms. The molecule has 0 saturated heterocycles. The number of methoxy groups -OCH3 is 1. The van der Waals surface area contributed by atoms with Crippen molar-refractivity contribution >= 4 is 15.9 Å². The maximum atomic E-state index is 9.70. The summed E-state index contributed by atoms with van der Waals surface area (Å²) >= 11 is 3.23. The number of aryl methyl sites for hydroxylation is 1. The summed E-state index contributed by atoms with van der Waals surface area (Å²) in [5, 5.41) is 18.1. The molecule has 0 radical (unpaired) electrons. The summed E-state index contributed by atoms with van der Waals surface area (Å²) in [7, 11) is 1.54. The normalized spacial score (nSPS) is 9.50. The molecule has 74 valence electrons. The quantitative estimate of drug-likeness (QED) is 0.904. The number of nitrogens with zero attached hydrogens (tertiary/aromatic N) is 1. The van der Waals surface area contributed by atoms with Gasteiger partial charge in [-0.1, -0.05) is 6.07 Å². The second-order valence-corrected chi connectivity index (χ2v) is 3.54. The molecule has 0 saturated carbocycles. The van der Waals surface area contributed by atoms with Gasteiger partial charge in [-0.2, -0.15) is 5.26 Å². The standard InChI is InChI=1S/C10H10BrNO2/c1-14-8-5-4-7(3-2-6-12)10(13)9(8)11/h4-5,13H,2-3H2,1H3. The van der Waals surface area contributed by atoms with E-state index in [1.807, 2.05) is 6.07 Å². The van der Waals surface area contributed by atoms with Crippen molar-refractivity contribution in [3.8, 4) is 17.6 Å². The van der Waals surface area contributed by atoms with Crippen molar-refractivity contribution < 1.29 is 9.84 Å². The summed E-state index contributed by atoms with van der Waals surface area (Å²) in [6.45, 7) is 0. The van der Waals surface area contributed by atoms with Crippen LogP contribution >= 0.6 is 15.9 Å². The molecule has 0 spiro atoms. The first-order valence-corrected chi connectivity index (χ1v) is 4.91. The van der Waals surface area contributed by atoms with Crippen LogP contribution in [-0.4, -0.2) is 12.2 Å². The first kappa shape index (κ1) is 10.9. The zero-order chi connectivity index (χ0) is 10.6. The van der Waals surface area contributed by atoms with E-state index < -0.39 is 0 Å². The smallest absolute Gasteiger partial charge is 0.136 e. The van der Waals surface area contributed by atoms with Crippen LogP contribution in [0.3, 0.4) is 0 Å². The maximum absolute atomic E-state index is 9.70. The molecule has 1 N–H and O–H groups in total. The zero-order valence-corrected chi connectivity index (χ0v) is 9.34. The molecular weight excluding hydrogens is 246 g/mol. The Balaban J connectivity index is 2.99. The molecule has 0 heterocycles. The Morgan fingerprint density at radius 3 is 2.86 bits per heavy atom. The van der Waals surface area contributed by atoms with Crippen LogP contribution in [0.2, 0.25) is 0 Å². The molecule has 0 fully saturated rings. The monoisotopic (exact) mass is 255 g/mol. The van der Waals surface area contributed by atoms with E-state index in [2.05, 4.69) is 15.9 Å². The number of benzene rings is 1. The predicted molar refractivity (Wildman–Crippen MR) is 56.3 cm³/mol. The van der Waals surface area contributed by atoms with Crippen molar-refractivity contribution in [2.24, 2.45) is 0 Å². The lowest BCUT2D eigenvalue weighted by Gasteiger charge is -2.08. The van der Waals surface area contributed by atoms with E-state index in [0.717, 1.165) is 5.56 Å². The first-order chi connectivity index (χ1) is 6.70. The largest absolute Gasteiger partial charge is 0.506 e. The Morgan fingerprint density at radius 1 is 1.57 bits per heavy atom. The number of halogens is 1. The molecule has 0 bridgehead atoms. The second kappa shape index (κ2) is 4.87. The van der Waals surface area contributed by atoms with Crippen LogP contribution in [0.5, 0.6) is 11.5 Å². The van der Waals surface area contributed by atoms with Crippen molar-refractivity contribution in [2.75, 3.05) is 7.11 Å². The van der Waals surface area contributed by atoms with Crippen LogP contribution in [0.4, 0.5) is 0 Å². The molecule has 0 aliphatic heterocycles. The Labute approximate surface area is 91.1 Å². The summed E-state index contributed by atoms with van der Waals surface area (Å²) < 4.78 is 5.55. The molecule has 4 heteroatoms. The molecule has 1 rings (SSSR count). The summed E-state index contributed by atoms with van der Waals surface area (Å²) in [5.74, 6) is 0.739. The van der Waals surface area contributed by atoms with Gasteiger partial charge >= 0.3 is 0 Å². The molecule has 0 aromatic heterocycles. The fourth-order valence-electron chi connectivity index (χ4n) is 1.14. The fourth-order valence-corrected chi connectivity index (χ4v) is 1.68. The highest BCUT2D eigenvalue weighted by Crippen LogP contribution is 2.36. The van der Waals surface area contributed by atoms with Gasteiger partial charge in [-0.15, -0.1) is 0 Å². The minimum atomic E-state index is 0.152. The van der Waals surface area contributed by atoms with Crippen molar-refractivity contribution in [2.45, 2.75) is 12.8 Å². The molecule has 1 aromatic carbocycles. The fraction of sp³-hybridized carbons (Fsp3) is 0.300. The van der Waals surface area contributed by atoms with Crippen molar-refractivity contribution in [1.29, 1.82) is 5.26 Å². The van der Waals surface area contributed by atoms with Crippen molar-refractivity contribution in [1.82, 2.24) is 0 Å². The minimum absolute atomic E-state index is 0.152. The number of hydrogen-bond donors (Lipinski definition) is 1. The third-order valence-electron chi connectivity index (χ3n) is 1.89. The van der Waals surface area contributed by atoms with Gasteiger partial charge in [-0.25, -0.2) is 0 Å². The number of phenolic OH excluding ortho intramolecular Hbond substituents is 1. The van der Waals surface area contributed by atoms with Crippen LogP contribution in [0, 0.1) is 11.3 Å². The molecule has 0 unspecified atom stereocenters. The number of rotatable bonds is 3. The first-order valence-electron chi connectivity index (χ1n) is 4.12. The zero-order valence-electron chi connectivity index (χ0n) is 7.75. The van der Waals surface area contributed by atoms with Crippen LogP contribution in [0.25, 0.3) is 0 Å². The van der Waals surface area contributed by atoms with Gasteiger partial charge in [0.25, 0.3) is 0 Å². The SMILES string of the molecule is COc1ccc(CCC#N)c(O)c1Br. The summed E-state index contributed by atoms with van der Waals surface area (Å²) in [5.41, 5.74) is 0.749. The van der Waals surface area contributed by atoms with E-state index in [1.54, 1.807) is 12.1 Å². The lowest BCUT2D eigenvalue weighted by atomic mass is 10.1. The molecule has 0 aliphatic rings.